The van der Waals surface area contributed by atoms with Crippen LogP contribution in [0.15, 0.2) is 48.5 Å². The first kappa shape index (κ1) is 16.1. The van der Waals surface area contributed by atoms with Crippen molar-refractivity contribution in [3.63, 3.8) is 0 Å². The molecule has 1 heterocycles. The molecule has 0 radical (unpaired) electrons. The summed E-state index contributed by atoms with van der Waals surface area (Å²) in [5, 5.41) is 10.8. The maximum absolute atomic E-state index is 10.8. The highest BCUT2D eigenvalue weighted by molar-refractivity contribution is 5.51. The molecule has 0 amide bonds. The summed E-state index contributed by atoms with van der Waals surface area (Å²) in [6.07, 6.45) is 3.59. The Bertz CT molecular complexity index is 752. The lowest BCUT2D eigenvalue weighted by atomic mass is 9.87. The van der Waals surface area contributed by atoms with Crippen LogP contribution in [0.1, 0.15) is 17.5 Å². The summed E-state index contributed by atoms with van der Waals surface area (Å²) in [7, 11) is 0. The monoisotopic (exact) mass is 337 g/mol. The average Bonchev–Trinajstić information content (AvgIpc) is 2.68. The first-order chi connectivity index (χ1) is 12.2. The quantitative estimate of drug-likeness (QED) is 0.637. The van der Waals surface area contributed by atoms with Gasteiger partial charge in [-0.25, -0.2) is 0 Å². The van der Waals surface area contributed by atoms with Crippen LogP contribution in [0, 0.1) is 10.1 Å². The van der Waals surface area contributed by atoms with E-state index in [1.165, 1.54) is 24.0 Å². The molecule has 1 aliphatic heterocycles. The van der Waals surface area contributed by atoms with Gasteiger partial charge in [-0.2, -0.15) is 0 Å². The molecule has 2 aromatic carbocycles. The molecular weight excluding hydrogens is 314 g/mol. The topological polar surface area (TPSA) is 49.6 Å². The molecule has 0 spiro atoms. The maximum Gasteiger partial charge on any atom is 0.269 e. The fraction of sp³-hybridized carbons (Fsp3) is 0.400. The predicted octanol–water partition coefficient (Wildman–Crippen LogP) is 3.27. The molecule has 4 rings (SSSR count). The number of rotatable bonds is 3. The average molecular weight is 337 g/mol. The van der Waals surface area contributed by atoms with Gasteiger partial charge in [-0.05, 0) is 42.5 Å². The molecular formula is C20H23N3O2. The van der Waals surface area contributed by atoms with Crippen molar-refractivity contribution in [3.8, 4) is 0 Å². The van der Waals surface area contributed by atoms with E-state index in [4.69, 9.17) is 0 Å². The smallest absolute Gasteiger partial charge is 0.269 e. The van der Waals surface area contributed by atoms with Crippen LogP contribution >= 0.6 is 0 Å². The van der Waals surface area contributed by atoms with E-state index < -0.39 is 0 Å². The summed E-state index contributed by atoms with van der Waals surface area (Å²) in [5.74, 6) is 0. The fourth-order valence-corrected chi connectivity index (χ4v) is 4.12. The molecule has 0 aromatic heterocycles. The minimum atomic E-state index is -0.345. The summed E-state index contributed by atoms with van der Waals surface area (Å²) in [5.41, 5.74) is 4.27. The van der Waals surface area contributed by atoms with Gasteiger partial charge in [0.2, 0.25) is 0 Å². The normalized spacial score (nSPS) is 21.0. The molecule has 1 atom stereocenters. The third-order valence-corrected chi connectivity index (χ3v) is 5.58. The summed E-state index contributed by atoms with van der Waals surface area (Å²) >= 11 is 0. The molecule has 0 N–H and O–H groups in total. The van der Waals surface area contributed by atoms with Gasteiger partial charge >= 0.3 is 0 Å². The zero-order valence-corrected chi connectivity index (χ0v) is 14.3. The standard InChI is InChI=1S/C20H23N3O2/c24-23(25)19-9-7-18(8-10-19)21-11-13-22(14-12-21)20-6-5-16-3-1-2-4-17(16)15-20/h1-4,7-10,20H,5-6,11-15H2/t20-/m0/s1. The van der Waals surface area contributed by atoms with Gasteiger partial charge in [0, 0.05) is 50.0 Å². The number of nitro groups is 1. The van der Waals surface area contributed by atoms with Crippen LogP contribution in [0.2, 0.25) is 0 Å². The lowest BCUT2D eigenvalue weighted by Crippen LogP contribution is -2.51. The minimum absolute atomic E-state index is 0.156. The Morgan fingerprint density at radius 3 is 2.28 bits per heavy atom. The van der Waals surface area contributed by atoms with E-state index in [-0.39, 0.29) is 10.6 Å². The predicted molar refractivity (Wildman–Crippen MR) is 99.1 cm³/mol. The van der Waals surface area contributed by atoms with Gasteiger partial charge in [0.15, 0.2) is 0 Å². The zero-order valence-electron chi connectivity index (χ0n) is 14.3. The maximum atomic E-state index is 10.8. The van der Waals surface area contributed by atoms with E-state index in [0.717, 1.165) is 38.3 Å². The van der Waals surface area contributed by atoms with Crippen molar-refractivity contribution in [3.05, 3.63) is 69.8 Å². The SMILES string of the molecule is O=[N+]([O-])c1ccc(N2CCN([C@H]3CCc4ccccc4C3)CC2)cc1. The Kier molecular flexibility index (Phi) is 4.40. The molecule has 2 aliphatic rings. The number of benzene rings is 2. The molecule has 5 nitrogen and oxygen atoms in total. The third-order valence-electron chi connectivity index (χ3n) is 5.58. The first-order valence-electron chi connectivity index (χ1n) is 9.01. The minimum Gasteiger partial charge on any atom is -0.369 e. The fourth-order valence-electron chi connectivity index (χ4n) is 4.12. The van der Waals surface area contributed by atoms with Crippen LogP contribution in [0.25, 0.3) is 0 Å². The Hall–Kier alpha value is -2.40. The summed E-state index contributed by atoms with van der Waals surface area (Å²) in [6, 6.07) is 16.4. The van der Waals surface area contributed by atoms with Crippen molar-refractivity contribution in [2.24, 2.45) is 0 Å². The van der Waals surface area contributed by atoms with Crippen molar-refractivity contribution in [2.75, 3.05) is 31.1 Å². The second-order valence-electron chi connectivity index (χ2n) is 6.96. The van der Waals surface area contributed by atoms with Crippen molar-refractivity contribution < 1.29 is 4.92 Å². The number of hydrogen-bond donors (Lipinski definition) is 0. The lowest BCUT2D eigenvalue weighted by molar-refractivity contribution is -0.384. The van der Waals surface area contributed by atoms with Crippen LogP contribution in [0.4, 0.5) is 11.4 Å². The van der Waals surface area contributed by atoms with Crippen molar-refractivity contribution in [1.29, 1.82) is 0 Å². The van der Waals surface area contributed by atoms with Gasteiger partial charge in [-0.3, -0.25) is 15.0 Å². The summed E-state index contributed by atoms with van der Waals surface area (Å²) in [4.78, 5) is 15.4. The second-order valence-corrected chi connectivity index (χ2v) is 6.96. The number of non-ortho nitro benzene ring substituents is 1. The number of aryl methyl sites for hydroxylation is 1. The summed E-state index contributed by atoms with van der Waals surface area (Å²) < 4.78 is 0. The van der Waals surface area contributed by atoms with Gasteiger partial charge in [-0.15, -0.1) is 0 Å². The number of nitro benzene ring substituents is 1. The first-order valence-corrected chi connectivity index (χ1v) is 9.01. The number of fused-ring (bicyclic) bond motifs is 1. The molecule has 0 unspecified atom stereocenters. The molecule has 1 saturated heterocycles. The highest BCUT2D eigenvalue weighted by Crippen LogP contribution is 2.26. The number of piperazine rings is 1. The Balaban J connectivity index is 1.36. The number of anilines is 1. The molecule has 5 heteroatoms. The molecule has 130 valence electrons. The van der Waals surface area contributed by atoms with Crippen molar-refractivity contribution >= 4 is 11.4 Å². The Labute approximate surface area is 148 Å². The third kappa shape index (κ3) is 3.37. The van der Waals surface area contributed by atoms with Crippen LogP contribution in [-0.2, 0) is 12.8 Å². The molecule has 0 saturated carbocycles. The van der Waals surface area contributed by atoms with Crippen molar-refractivity contribution in [1.82, 2.24) is 4.90 Å². The van der Waals surface area contributed by atoms with Gasteiger partial charge in [-0.1, -0.05) is 24.3 Å². The second kappa shape index (κ2) is 6.84. The lowest BCUT2D eigenvalue weighted by Gasteiger charge is -2.41. The number of nitrogens with zero attached hydrogens (tertiary/aromatic N) is 3. The van der Waals surface area contributed by atoms with Gasteiger partial charge < -0.3 is 4.90 Å². The van der Waals surface area contributed by atoms with E-state index in [2.05, 4.69) is 34.1 Å². The van der Waals surface area contributed by atoms with E-state index in [0.29, 0.717) is 6.04 Å². The number of hydrogen-bond acceptors (Lipinski definition) is 4. The van der Waals surface area contributed by atoms with Crippen molar-refractivity contribution in [2.45, 2.75) is 25.3 Å². The molecule has 2 aromatic rings. The highest BCUT2D eigenvalue weighted by Gasteiger charge is 2.27. The largest absolute Gasteiger partial charge is 0.369 e. The molecule has 1 fully saturated rings. The van der Waals surface area contributed by atoms with E-state index in [1.807, 2.05) is 12.1 Å². The van der Waals surface area contributed by atoms with E-state index >= 15 is 0 Å². The van der Waals surface area contributed by atoms with Gasteiger partial charge in [0.1, 0.15) is 0 Å². The van der Waals surface area contributed by atoms with E-state index in [9.17, 15) is 10.1 Å². The Morgan fingerprint density at radius 1 is 0.920 bits per heavy atom. The van der Waals surface area contributed by atoms with E-state index in [1.54, 1.807) is 12.1 Å². The summed E-state index contributed by atoms with van der Waals surface area (Å²) in [6.45, 7) is 4.08. The Morgan fingerprint density at radius 2 is 1.60 bits per heavy atom. The molecule has 0 bridgehead atoms. The van der Waals surface area contributed by atoms with Gasteiger partial charge in [0.05, 0.1) is 4.92 Å². The zero-order chi connectivity index (χ0) is 17.2. The van der Waals surface area contributed by atoms with Gasteiger partial charge in [0.25, 0.3) is 5.69 Å². The molecule has 1 aliphatic carbocycles. The van der Waals surface area contributed by atoms with Crippen LogP contribution < -0.4 is 4.90 Å². The van der Waals surface area contributed by atoms with Crippen LogP contribution in [0.5, 0.6) is 0 Å². The molecule has 25 heavy (non-hydrogen) atoms. The van der Waals surface area contributed by atoms with Crippen LogP contribution in [-0.4, -0.2) is 42.0 Å². The van der Waals surface area contributed by atoms with Crippen LogP contribution in [0.3, 0.4) is 0 Å². The highest BCUT2D eigenvalue weighted by atomic mass is 16.6.